The zero-order valence-electron chi connectivity index (χ0n) is 20.5. The van der Waals surface area contributed by atoms with Gasteiger partial charge < -0.3 is 14.2 Å². The van der Waals surface area contributed by atoms with Crippen LogP contribution in [-0.2, 0) is 0 Å². The van der Waals surface area contributed by atoms with Crippen LogP contribution in [0.5, 0.6) is 17.2 Å². The van der Waals surface area contributed by atoms with Gasteiger partial charge in [0.1, 0.15) is 22.9 Å². The van der Waals surface area contributed by atoms with Crippen LogP contribution in [0.2, 0.25) is 0 Å². The average Bonchev–Trinajstić information content (AvgIpc) is 2.91. The Morgan fingerprint density at radius 3 is 2.06 bits per heavy atom. The largest absolute Gasteiger partial charge is 0.497 e. The van der Waals surface area contributed by atoms with Crippen molar-refractivity contribution in [2.75, 3.05) is 20.8 Å². The van der Waals surface area contributed by atoms with E-state index in [0.717, 1.165) is 29.7 Å². The molecule has 0 aliphatic carbocycles. The van der Waals surface area contributed by atoms with Gasteiger partial charge in [0.2, 0.25) is 0 Å². The maximum absolute atomic E-state index is 5.99. The van der Waals surface area contributed by atoms with E-state index in [1.165, 1.54) is 12.8 Å². The Morgan fingerprint density at radius 2 is 1.46 bits per heavy atom. The van der Waals surface area contributed by atoms with E-state index in [-0.39, 0.29) is 0 Å². The van der Waals surface area contributed by atoms with Crippen molar-refractivity contribution in [3.05, 3.63) is 77.4 Å². The summed E-state index contributed by atoms with van der Waals surface area (Å²) in [6.07, 6.45) is 10.1. The minimum Gasteiger partial charge on any atom is -0.497 e. The first-order valence-corrected chi connectivity index (χ1v) is 11.7. The second-order valence-electron chi connectivity index (χ2n) is 7.80. The lowest BCUT2D eigenvalue weighted by molar-refractivity contribution is 0.305. The van der Waals surface area contributed by atoms with Crippen molar-refractivity contribution in [3.63, 3.8) is 0 Å². The van der Waals surface area contributed by atoms with Crippen LogP contribution < -0.4 is 14.2 Å². The molecule has 0 spiro atoms. The zero-order chi connectivity index (χ0) is 24.9. The summed E-state index contributed by atoms with van der Waals surface area (Å²) in [6.45, 7) is 2.78. The van der Waals surface area contributed by atoms with Crippen molar-refractivity contribution in [3.8, 4) is 41.4 Å². The molecule has 0 radical (unpaired) electrons. The Labute approximate surface area is 208 Å². The summed E-state index contributed by atoms with van der Waals surface area (Å²) in [5, 5.41) is 8.80. The Morgan fingerprint density at radius 1 is 0.771 bits per heavy atom. The van der Waals surface area contributed by atoms with Gasteiger partial charge in [0.15, 0.2) is 0 Å². The molecule has 0 aromatic heterocycles. The molecule has 0 heterocycles. The third-order valence-corrected chi connectivity index (χ3v) is 5.27. The Bertz CT molecular complexity index is 1230. The number of rotatable bonds is 10. The van der Waals surface area contributed by atoms with Gasteiger partial charge >= 0.3 is 0 Å². The number of nitrogens with zero attached hydrogens (tertiary/aromatic N) is 2. The SMILES string of the molecule is C#Cc1cc(OCCCCCC)c(N=Nc2ccc(C#Cc3ccc(OC)cc3)cc2)cc1OC. The lowest BCUT2D eigenvalue weighted by Crippen LogP contribution is -1.99. The van der Waals surface area contributed by atoms with E-state index in [1.807, 2.05) is 48.5 Å². The molecule has 0 saturated carbocycles. The molecule has 0 amide bonds. The first kappa shape index (κ1) is 25.4. The highest BCUT2D eigenvalue weighted by atomic mass is 16.5. The minimum absolute atomic E-state index is 0.559. The molecule has 0 saturated heterocycles. The van der Waals surface area contributed by atoms with Crippen LogP contribution in [0.15, 0.2) is 70.9 Å². The van der Waals surface area contributed by atoms with Crippen molar-refractivity contribution < 1.29 is 14.2 Å². The molecular formula is C30H30N2O3. The number of ether oxygens (including phenoxy) is 3. The van der Waals surface area contributed by atoms with Crippen LogP contribution in [0.3, 0.4) is 0 Å². The highest BCUT2D eigenvalue weighted by Crippen LogP contribution is 2.36. The molecule has 0 N–H and O–H groups in total. The third-order valence-electron chi connectivity index (χ3n) is 5.27. The second kappa shape index (κ2) is 13.5. The molecule has 0 unspecified atom stereocenters. The summed E-state index contributed by atoms with van der Waals surface area (Å²) in [7, 11) is 3.22. The van der Waals surface area contributed by atoms with E-state index in [2.05, 4.69) is 34.9 Å². The Balaban J connectivity index is 1.74. The van der Waals surface area contributed by atoms with Gasteiger partial charge in [0.25, 0.3) is 0 Å². The van der Waals surface area contributed by atoms with E-state index in [1.54, 1.807) is 26.4 Å². The predicted octanol–water partition coefficient (Wildman–Crippen LogP) is 7.46. The molecule has 0 atom stereocenters. The topological polar surface area (TPSA) is 52.4 Å². The van der Waals surface area contributed by atoms with Crippen LogP contribution in [-0.4, -0.2) is 20.8 Å². The highest BCUT2D eigenvalue weighted by molar-refractivity contribution is 5.62. The monoisotopic (exact) mass is 466 g/mol. The molecule has 178 valence electrons. The van der Waals surface area contributed by atoms with Crippen molar-refractivity contribution in [2.45, 2.75) is 32.6 Å². The standard InChI is InChI=1S/C30H30N2O3/c1-5-7-8-9-20-35-30-21-25(6-2)29(34-4)22-28(30)32-31-26-16-12-23(13-17-26)10-11-24-14-18-27(33-3)19-15-24/h2,12-19,21-22H,5,7-9,20H2,1,3-4H3. The summed E-state index contributed by atoms with van der Waals surface area (Å²) in [5.74, 6) is 10.9. The fourth-order valence-electron chi connectivity index (χ4n) is 3.28. The van der Waals surface area contributed by atoms with Crippen molar-refractivity contribution in [1.82, 2.24) is 0 Å². The van der Waals surface area contributed by atoms with E-state index in [9.17, 15) is 0 Å². The molecule has 5 nitrogen and oxygen atoms in total. The summed E-state index contributed by atoms with van der Waals surface area (Å²) < 4.78 is 16.6. The number of hydrogen-bond acceptors (Lipinski definition) is 5. The van der Waals surface area contributed by atoms with Crippen LogP contribution >= 0.6 is 0 Å². The summed E-state index contributed by atoms with van der Waals surface area (Å²) in [4.78, 5) is 0. The number of unbranched alkanes of at least 4 members (excludes halogenated alkanes) is 3. The van der Waals surface area contributed by atoms with Gasteiger partial charge in [-0.2, -0.15) is 5.11 Å². The number of methoxy groups -OCH3 is 2. The van der Waals surface area contributed by atoms with E-state index < -0.39 is 0 Å². The number of azo groups is 1. The van der Waals surface area contributed by atoms with Gasteiger partial charge in [0, 0.05) is 23.3 Å². The highest BCUT2D eigenvalue weighted by Gasteiger charge is 2.11. The van der Waals surface area contributed by atoms with Crippen LogP contribution in [0, 0.1) is 24.2 Å². The fourth-order valence-corrected chi connectivity index (χ4v) is 3.28. The third kappa shape index (κ3) is 7.66. The van der Waals surface area contributed by atoms with Crippen LogP contribution in [0.25, 0.3) is 0 Å². The van der Waals surface area contributed by atoms with Crippen molar-refractivity contribution in [1.29, 1.82) is 0 Å². The Kier molecular flexibility index (Phi) is 9.78. The molecular weight excluding hydrogens is 436 g/mol. The average molecular weight is 467 g/mol. The molecule has 0 aliphatic rings. The summed E-state index contributed by atoms with van der Waals surface area (Å²) >= 11 is 0. The molecule has 3 rings (SSSR count). The first-order chi connectivity index (χ1) is 17.2. The number of hydrogen-bond donors (Lipinski definition) is 0. The molecule has 5 heteroatoms. The maximum Gasteiger partial charge on any atom is 0.148 e. The van der Waals surface area contributed by atoms with Crippen LogP contribution in [0.4, 0.5) is 11.4 Å². The number of benzene rings is 3. The van der Waals surface area contributed by atoms with E-state index >= 15 is 0 Å². The van der Waals surface area contributed by atoms with Gasteiger partial charge in [-0.15, -0.1) is 11.5 Å². The molecule has 3 aromatic rings. The van der Waals surface area contributed by atoms with Gasteiger partial charge in [-0.3, -0.25) is 0 Å². The normalized spacial score (nSPS) is 10.3. The lowest BCUT2D eigenvalue weighted by Gasteiger charge is -2.11. The van der Waals surface area contributed by atoms with Crippen LogP contribution in [0.1, 0.15) is 49.3 Å². The molecule has 0 bridgehead atoms. The minimum atomic E-state index is 0.559. The fraction of sp³-hybridized carbons (Fsp3) is 0.267. The molecule has 35 heavy (non-hydrogen) atoms. The lowest BCUT2D eigenvalue weighted by atomic mass is 10.1. The second-order valence-corrected chi connectivity index (χ2v) is 7.80. The quantitative estimate of drug-likeness (QED) is 0.177. The van der Waals surface area contributed by atoms with Gasteiger partial charge in [-0.05, 0) is 55.0 Å². The van der Waals surface area contributed by atoms with Gasteiger partial charge in [0.05, 0.1) is 32.1 Å². The van der Waals surface area contributed by atoms with Gasteiger partial charge in [-0.1, -0.05) is 43.9 Å². The molecule has 0 fully saturated rings. The smallest absolute Gasteiger partial charge is 0.148 e. The summed E-state index contributed by atoms with van der Waals surface area (Å²) in [5.41, 5.74) is 3.69. The van der Waals surface area contributed by atoms with E-state index in [4.69, 9.17) is 20.6 Å². The zero-order valence-corrected chi connectivity index (χ0v) is 20.5. The number of terminal acetylenes is 1. The molecule has 3 aromatic carbocycles. The van der Waals surface area contributed by atoms with Crippen molar-refractivity contribution >= 4 is 11.4 Å². The van der Waals surface area contributed by atoms with Crippen molar-refractivity contribution in [2.24, 2.45) is 10.2 Å². The van der Waals surface area contributed by atoms with E-state index in [0.29, 0.717) is 35.0 Å². The maximum atomic E-state index is 5.99. The van der Waals surface area contributed by atoms with Gasteiger partial charge in [-0.25, -0.2) is 0 Å². The summed E-state index contributed by atoms with van der Waals surface area (Å²) in [6, 6.07) is 18.8. The Hall–Kier alpha value is -4.22. The first-order valence-electron chi connectivity index (χ1n) is 11.7. The molecule has 0 aliphatic heterocycles. The predicted molar refractivity (Wildman–Crippen MR) is 140 cm³/mol.